The molecule has 1 N–H and O–H groups in total. The molecule has 1 aliphatic heterocycles. The Hall–Kier alpha value is -1.09. The Balaban J connectivity index is 2.25. The third-order valence-electron chi connectivity index (χ3n) is 3.97. The van der Waals surface area contributed by atoms with E-state index in [2.05, 4.69) is 24.1 Å². The number of nitrogens with zero attached hydrogens (tertiary/aromatic N) is 1. The van der Waals surface area contributed by atoms with Crippen LogP contribution in [0.15, 0.2) is 18.2 Å². The van der Waals surface area contributed by atoms with Gasteiger partial charge in [0.05, 0.1) is 0 Å². The van der Waals surface area contributed by atoms with Crippen LogP contribution in [0.4, 0.5) is 10.1 Å². The Labute approximate surface area is 116 Å². The number of halogens is 1. The topological polar surface area (TPSA) is 15.3 Å². The van der Waals surface area contributed by atoms with E-state index in [1.807, 2.05) is 6.07 Å². The lowest BCUT2D eigenvalue weighted by Gasteiger charge is -2.31. The molecule has 1 fully saturated rings. The van der Waals surface area contributed by atoms with E-state index in [-0.39, 0.29) is 5.82 Å². The highest BCUT2D eigenvalue weighted by atomic mass is 19.1. The monoisotopic (exact) mass is 264 g/mol. The van der Waals surface area contributed by atoms with Gasteiger partial charge in [0.2, 0.25) is 0 Å². The number of nitrogens with one attached hydrogen (secondary N) is 1. The van der Waals surface area contributed by atoms with Gasteiger partial charge in [0, 0.05) is 24.8 Å². The molecule has 0 aliphatic carbocycles. The molecule has 1 aromatic carbocycles. The van der Waals surface area contributed by atoms with Gasteiger partial charge >= 0.3 is 0 Å². The van der Waals surface area contributed by atoms with Crippen molar-refractivity contribution in [1.29, 1.82) is 0 Å². The average molecular weight is 264 g/mol. The van der Waals surface area contributed by atoms with E-state index in [1.54, 1.807) is 12.1 Å². The summed E-state index contributed by atoms with van der Waals surface area (Å²) in [4.78, 5) is 2.46. The van der Waals surface area contributed by atoms with E-state index in [1.165, 1.54) is 31.4 Å². The summed E-state index contributed by atoms with van der Waals surface area (Å²) < 4.78 is 13.5. The average Bonchev–Trinajstić information content (AvgIpc) is 2.61. The van der Waals surface area contributed by atoms with Gasteiger partial charge in [-0.25, -0.2) is 4.39 Å². The summed E-state index contributed by atoms with van der Waals surface area (Å²) in [5.41, 5.74) is 2.28. The van der Waals surface area contributed by atoms with Gasteiger partial charge in [-0.3, -0.25) is 0 Å². The maximum Gasteiger partial charge on any atom is 0.123 e. The SMILES string of the molecule is CCNCc1cc(F)ccc1N1CCCCCC1C. The predicted molar refractivity (Wildman–Crippen MR) is 79.1 cm³/mol. The lowest BCUT2D eigenvalue weighted by molar-refractivity contribution is 0.603. The van der Waals surface area contributed by atoms with Gasteiger partial charge in [-0.1, -0.05) is 19.8 Å². The van der Waals surface area contributed by atoms with Crippen LogP contribution >= 0.6 is 0 Å². The Morgan fingerprint density at radius 2 is 2.16 bits per heavy atom. The molecule has 0 spiro atoms. The molecule has 2 nitrogen and oxygen atoms in total. The van der Waals surface area contributed by atoms with Crippen LogP contribution in [0.2, 0.25) is 0 Å². The van der Waals surface area contributed by atoms with Crippen LogP contribution in [0.3, 0.4) is 0 Å². The Kier molecular flexibility index (Phi) is 5.20. The first-order chi connectivity index (χ1) is 9.22. The first kappa shape index (κ1) is 14.3. The molecule has 1 unspecified atom stereocenters. The Morgan fingerprint density at radius 3 is 2.95 bits per heavy atom. The van der Waals surface area contributed by atoms with Crippen molar-refractivity contribution in [3.05, 3.63) is 29.6 Å². The molecule has 0 amide bonds. The molecule has 106 valence electrons. The highest BCUT2D eigenvalue weighted by Crippen LogP contribution is 2.28. The molecule has 1 aliphatic rings. The first-order valence-corrected chi connectivity index (χ1v) is 7.48. The minimum Gasteiger partial charge on any atom is -0.369 e. The third-order valence-corrected chi connectivity index (χ3v) is 3.97. The van der Waals surface area contributed by atoms with Crippen molar-refractivity contribution < 1.29 is 4.39 Å². The van der Waals surface area contributed by atoms with Gasteiger partial charge in [0.1, 0.15) is 5.82 Å². The summed E-state index contributed by atoms with van der Waals surface area (Å²) >= 11 is 0. The predicted octanol–water partition coefficient (Wildman–Crippen LogP) is 3.70. The summed E-state index contributed by atoms with van der Waals surface area (Å²) in [6.07, 6.45) is 5.09. The van der Waals surface area contributed by atoms with Crippen molar-refractivity contribution >= 4 is 5.69 Å². The highest BCUT2D eigenvalue weighted by Gasteiger charge is 2.19. The highest BCUT2D eigenvalue weighted by molar-refractivity contribution is 5.54. The van der Waals surface area contributed by atoms with Crippen molar-refractivity contribution in [3.8, 4) is 0 Å². The van der Waals surface area contributed by atoms with Crippen molar-refractivity contribution in [2.75, 3.05) is 18.0 Å². The van der Waals surface area contributed by atoms with Gasteiger partial charge in [0.15, 0.2) is 0 Å². The largest absolute Gasteiger partial charge is 0.369 e. The molecule has 0 radical (unpaired) electrons. The van der Waals surface area contributed by atoms with Crippen LogP contribution in [0, 0.1) is 5.82 Å². The minimum absolute atomic E-state index is 0.140. The number of hydrogen-bond acceptors (Lipinski definition) is 2. The minimum atomic E-state index is -0.140. The maximum atomic E-state index is 13.5. The van der Waals surface area contributed by atoms with Crippen LogP contribution in [0.25, 0.3) is 0 Å². The molecular formula is C16H25FN2. The van der Waals surface area contributed by atoms with Crippen LogP contribution in [-0.4, -0.2) is 19.1 Å². The van der Waals surface area contributed by atoms with Gasteiger partial charge in [-0.15, -0.1) is 0 Å². The zero-order valence-electron chi connectivity index (χ0n) is 12.1. The number of anilines is 1. The molecule has 1 atom stereocenters. The lowest BCUT2D eigenvalue weighted by atomic mass is 10.1. The summed E-state index contributed by atoms with van der Waals surface area (Å²) in [5.74, 6) is -0.140. The third kappa shape index (κ3) is 3.69. The zero-order chi connectivity index (χ0) is 13.7. The second kappa shape index (κ2) is 6.90. The molecule has 1 heterocycles. The second-order valence-electron chi connectivity index (χ2n) is 5.45. The van der Waals surface area contributed by atoms with Gasteiger partial charge in [-0.2, -0.15) is 0 Å². The van der Waals surface area contributed by atoms with Crippen molar-refractivity contribution in [3.63, 3.8) is 0 Å². The summed E-state index contributed by atoms with van der Waals surface area (Å²) in [6, 6.07) is 5.76. The molecular weight excluding hydrogens is 239 g/mol. The van der Waals surface area contributed by atoms with Crippen LogP contribution in [0.1, 0.15) is 45.1 Å². The van der Waals surface area contributed by atoms with Gasteiger partial charge in [-0.05, 0) is 50.1 Å². The Bertz CT molecular complexity index is 406. The quantitative estimate of drug-likeness (QED) is 0.892. The second-order valence-corrected chi connectivity index (χ2v) is 5.45. The number of benzene rings is 1. The molecule has 1 saturated heterocycles. The van der Waals surface area contributed by atoms with Gasteiger partial charge < -0.3 is 10.2 Å². The van der Waals surface area contributed by atoms with Crippen molar-refractivity contribution in [2.24, 2.45) is 0 Å². The molecule has 3 heteroatoms. The van der Waals surface area contributed by atoms with E-state index in [0.717, 1.165) is 25.2 Å². The van der Waals surface area contributed by atoms with Crippen molar-refractivity contribution in [1.82, 2.24) is 5.32 Å². The van der Waals surface area contributed by atoms with Gasteiger partial charge in [0.25, 0.3) is 0 Å². The summed E-state index contributed by atoms with van der Waals surface area (Å²) in [5, 5.41) is 3.31. The molecule has 0 bridgehead atoms. The first-order valence-electron chi connectivity index (χ1n) is 7.48. The van der Waals surface area contributed by atoms with Crippen LogP contribution < -0.4 is 10.2 Å². The molecule has 19 heavy (non-hydrogen) atoms. The van der Waals surface area contributed by atoms with Crippen molar-refractivity contribution in [2.45, 2.75) is 52.1 Å². The lowest BCUT2D eigenvalue weighted by Crippen LogP contribution is -2.33. The fourth-order valence-corrected chi connectivity index (χ4v) is 2.87. The normalized spacial score (nSPS) is 20.4. The van der Waals surface area contributed by atoms with E-state index >= 15 is 0 Å². The molecule has 2 rings (SSSR count). The van der Waals surface area contributed by atoms with E-state index in [0.29, 0.717) is 6.04 Å². The molecule has 1 aromatic rings. The van der Waals surface area contributed by atoms with Crippen LogP contribution in [-0.2, 0) is 6.54 Å². The van der Waals surface area contributed by atoms with Crippen LogP contribution in [0.5, 0.6) is 0 Å². The number of hydrogen-bond donors (Lipinski definition) is 1. The fraction of sp³-hybridized carbons (Fsp3) is 0.625. The van der Waals surface area contributed by atoms with E-state index < -0.39 is 0 Å². The maximum absolute atomic E-state index is 13.5. The summed E-state index contributed by atoms with van der Waals surface area (Å²) in [6.45, 7) is 7.10. The summed E-state index contributed by atoms with van der Waals surface area (Å²) in [7, 11) is 0. The zero-order valence-corrected chi connectivity index (χ0v) is 12.1. The Morgan fingerprint density at radius 1 is 1.32 bits per heavy atom. The molecule has 0 saturated carbocycles. The number of rotatable bonds is 4. The molecule has 0 aromatic heterocycles. The fourth-order valence-electron chi connectivity index (χ4n) is 2.87. The standard InChI is InChI=1S/C16H25FN2/c1-3-18-12-14-11-15(17)8-9-16(14)19-10-6-4-5-7-13(19)2/h8-9,11,13,18H,3-7,10,12H2,1-2H3. The van der Waals surface area contributed by atoms with E-state index in [9.17, 15) is 4.39 Å². The van der Waals surface area contributed by atoms with E-state index in [4.69, 9.17) is 0 Å². The smallest absolute Gasteiger partial charge is 0.123 e.